The smallest absolute Gasteiger partial charge is 0.349 e. The monoisotopic (exact) mass is 256 g/mol. The summed E-state index contributed by atoms with van der Waals surface area (Å²) in [5.41, 5.74) is 1.17. The lowest BCUT2D eigenvalue weighted by atomic mass is 10.2. The Morgan fingerprint density at radius 3 is 1.88 bits per heavy atom. The van der Waals surface area contributed by atoms with Crippen molar-refractivity contribution in [3.8, 4) is 0 Å². The second kappa shape index (κ2) is 6.62. The molecule has 6 heteroatoms. The van der Waals surface area contributed by atoms with Crippen molar-refractivity contribution in [3.63, 3.8) is 0 Å². The molecule has 0 aromatic heterocycles. The fraction of sp³-hybridized carbons (Fsp3) is 0. The van der Waals surface area contributed by atoms with E-state index in [1.54, 1.807) is 0 Å². The van der Waals surface area contributed by atoms with E-state index in [0.29, 0.717) is 0 Å². The number of carboxylic acid groups (broad SMARTS) is 1. The van der Waals surface area contributed by atoms with Crippen LogP contribution in [0.2, 0.25) is 0 Å². The van der Waals surface area contributed by atoms with E-state index in [1.807, 2.05) is 36.4 Å². The van der Waals surface area contributed by atoms with Crippen molar-refractivity contribution in [2.24, 2.45) is 0 Å². The normalized spacial score (nSPS) is 9.71. The molecule has 17 heavy (non-hydrogen) atoms. The second-order valence-electron chi connectivity index (χ2n) is 2.82. The molecular weight excluding hydrogens is 244 g/mol. The van der Waals surface area contributed by atoms with Gasteiger partial charge in [-0.3, -0.25) is 4.55 Å². The Balaban J connectivity index is 0.000000302. The van der Waals surface area contributed by atoms with E-state index in [4.69, 9.17) is 9.66 Å². The van der Waals surface area contributed by atoms with Crippen molar-refractivity contribution in [2.75, 3.05) is 0 Å². The third-order valence-corrected chi connectivity index (χ3v) is 2.38. The minimum atomic E-state index is -4.60. The second-order valence-corrected chi connectivity index (χ2v) is 4.26. The van der Waals surface area contributed by atoms with Crippen LogP contribution in [0.15, 0.2) is 48.4 Å². The highest BCUT2D eigenvalue weighted by Crippen LogP contribution is 1.98. The largest absolute Gasteiger partial charge is 0.477 e. The molecule has 0 saturated heterocycles. The number of aliphatic carboxylic acids is 1. The maximum absolute atomic E-state index is 9.85. The summed E-state index contributed by atoms with van der Waals surface area (Å²) in [5, 5.41) is 7.88. The molecule has 0 heterocycles. The van der Waals surface area contributed by atoms with Gasteiger partial charge >= 0.3 is 16.1 Å². The molecule has 0 amide bonds. The van der Waals surface area contributed by atoms with Gasteiger partial charge in [0.05, 0.1) is 0 Å². The highest BCUT2D eigenvalue weighted by Gasteiger charge is 2.17. The van der Waals surface area contributed by atoms with E-state index < -0.39 is 21.0 Å². The van der Waals surface area contributed by atoms with Crippen LogP contribution >= 0.6 is 0 Å². The number of hydrogen-bond donors (Lipinski definition) is 2. The molecule has 0 aliphatic carbocycles. The molecule has 92 valence electrons. The van der Waals surface area contributed by atoms with E-state index in [2.05, 4.69) is 13.2 Å². The van der Waals surface area contributed by atoms with Gasteiger partial charge in [-0.05, 0) is 5.56 Å². The molecule has 2 N–H and O–H groups in total. The Hall–Kier alpha value is -1.92. The molecule has 5 nitrogen and oxygen atoms in total. The van der Waals surface area contributed by atoms with Gasteiger partial charge in [-0.25, -0.2) is 4.79 Å². The van der Waals surface area contributed by atoms with Crippen LogP contribution in [0.25, 0.3) is 6.08 Å². The van der Waals surface area contributed by atoms with Crippen LogP contribution in [0.3, 0.4) is 0 Å². The fourth-order valence-corrected chi connectivity index (χ4v) is 0.920. The molecule has 0 bridgehead atoms. The highest BCUT2D eigenvalue weighted by molar-refractivity contribution is 7.90. The van der Waals surface area contributed by atoms with Gasteiger partial charge in [-0.2, -0.15) is 8.42 Å². The van der Waals surface area contributed by atoms with Gasteiger partial charge in [0, 0.05) is 0 Å². The van der Waals surface area contributed by atoms with Crippen molar-refractivity contribution < 1.29 is 22.9 Å². The van der Waals surface area contributed by atoms with Crippen molar-refractivity contribution >= 4 is 22.2 Å². The summed E-state index contributed by atoms with van der Waals surface area (Å²) in [6, 6.07) is 10.0. The zero-order valence-electron chi connectivity index (χ0n) is 8.91. The van der Waals surface area contributed by atoms with E-state index in [9.17, 15) is 13.2 Å². The summed E-state index contributed by atoms with van der Waals surface area (Å²) in [7, 11) is -4.60. The summed E-state index contributed by atoms with van der Waals surface area (Å²) in [6.45, 7) is 6.22. The number of benzene rings is 1. The molecule has 0 saturated carbocycles. The number of carbonyl (C=O) groups is 1. The van der Waals surface area contributed by atoms with E-state index in [0.717, 1.165) is 0 Å². The average molecular weight is 256 g/mol. The van der Waals surface area contributed by atoms with E-state index >= 15 is 0 Å². The molecule has 0 fully saturated rings. The van der Waals surface area contributed by atoms with Gasteiger partial charge in [0.1, 0.15) is 0 Å². The minimum absolute atomic E-state index is 1.17. The fourth-order valence-electron chi connectivity index (χ4n) is 0.699. The average Bonchev–Trinajstić information content (AvgIpc) is 2.28. The molecule has 0 aliphatic rings. The number of hydrogen-bond acceptors (Lipinski definition) is 3. The standard InChI is InChI=1S/C8H8.C3H4O5S/c1-2-8-6-4-3-5-7-8;1-2(3(4)5)9(6,7)8/h2-7H,1H2;1H2,(H,4,5)(H,6,7,8). The Morgan fingerprint density at radius 2 is 1.71 bits per heavy atom. The molecule has 1 aromatic rings. The summed E-state index contributed by atoms with van der Waals surface area (Å²) < 4.78 is 27.6. The predicted molar refractivity (Wildman–Crippen MR) is 64.9 cm³/mol. The van der Waals surface area contributed by atoms with Gasteiger partial charge in [0.15, 0.2) is 4.91 Å². The van der Waals surface area contributed by atoms with Gasteiger partial charge < -0.3 is 5.11 Å². The quantitative estimate of drug-likeness (QED) is 0.635. The minimum Gasteiger partial charge on any atom is -0.477 e. The Kier molecular flexibility index (Phi) is 5.87. The van der Waals surface area contributed by atoms with Crippen LogP contribution in [0, 0.1) is 0 Å². The number of rotatable bonds is 3. The van der Waals surface area contributed by atoms with Crippen LogP contribution in [0.1, 0.15) is 5.56 Å². The maximum Gasteiger partial charge on any atom is 0.349 e. The molecule has 0 radical (unpaired) electrons. The summed E-state index contributed by atoms with van der Waals surface area (Å²) >= 11 is 0. The van der Waals surface area contributed by atoms with Crippen molar-refractivity contribution in [2.45, 2.75) is 0 Å². The lowest BCUT2D eigenvalue weighted by Gasteiger charge is -1.90. The van der Waals surface area contributed by atoms with Crippen molar-refractivity contribution in [1.29, 1.82) is 0 Å². The lowest BCUT2D eigenvalue weighted by molar-refractivity contribution is -0.131. The van der Waals surface area contributed by atoms with Gasteiger partial charge in [0.25, 0.3) is 0 Å². The Labute approximate surface area is 99.5 Å². The Morgan fingerprint density at radius 1 is 1.24 bits per heavy atom. The highest BCUT2D eigenvalue weighted by atomic mass is 32.2. The molecule has 0 aliphatic heterocycles. The topological polar surface area (TPSA) is 91.7 Å². The van der Waals surface area contributed by atoms with Crippen LogP contribution in [0.4, 0.5) is 0 Å². The third-order valence-electron chi connectivity index (χ3n) is 1.59. The molecule has 1 aromatic carbocycles. The van der Waals surface area contributed by atoms with Gasteiger partial charge in [-0.15, -0.1) is 0 Å². The molecule has 0 unspecified atom stereocenters. The van der Waals surface area contributed by atoms with Crippen molar-refractivity contribution in [3.05, 3.63) is 54.0 Å². The van der Waals surface area contributed by atoms with Crippen LogP contribution < -0.4 is 0 Å². The first-order valence-corrected chi connectivity index (χ1v) is 5.80. The van der Waals surface area contributed by atoms with E-state index in [-0.39, 0.29) is 0 Å². The first-order valence-electron chi connectivity index (χ1n) is 4.36. The molecule has 0 atom stereocenters. The van der Waals surface area contributed by atoms with Gasteiger partial charge in [-0.1, -0.05) is 49.6 Å². The Bertz CT molecular complexity index is 502. The molecule has 0 spiro atoms. The van der Waals surface area contributed by atoms with Crippen LogP contribution in [0.5, 0.6) is 0 Å². The third kappa shape index (κ3) is 6.29. The van der Waals surface area contributed by atoms with E-state index in [1.165, 1.54) is 5.56 Å². The maximum atomic E-state index is 9.85. The zero-order chi connectivity index (χ0) is 13.5. The van der Waals surface area contributed by atoms with Crippen LogP contribution in [-0.2, 0) is 14.9 Å². The van der Waals surface area contributed by atoms with Crippen molar-refractivity contribution in [1.82, 2.24) is 0 Å². The lowest BCUT2D eigenvalue weighted by Crippen LogP contribution is -2.09. The first kappa shape index (κ1) is 15.1. The van der Waals surface area contributed by atoms with Gasteiger partial charge in [0.2, 0.25) is 0 Å². The molecule has 1 rings (SSSR count). The zero-order valence-corrected chi connectivity index (χ0v) is 9.72. The SMILES string of the molecule is C=C(C(=O)O)S(=O)(=O)O.C=Cc1ccccc1. The molecular formula is C11H12O5S. The predicted octanol–water partition coefficient (Wildman–Crippen LogP) is 1.80. The summed E-state index contributed by atoms with van der Waals surface area (Å²) in [4.78, 5) is 8.49. The van der Waals surface area contributed by atoms with Crippen LogP contribution in [-0.4, -0.2) is 24.0 Å². The number of carboxylic acids is 1. The first-order chi connectivity index (χ1) is 7.79. The summed E-state index contributed by atoms with van der Waals surface area (Å²) in [6.07, 6.45) is 1.83. The summed E-state index contributed by atoms with van der Waals surface area (Å²) in [5.74, 6) is -1.75.